The first kappa shape index (κ1) is 34.3. The molecule has 1 aliphatic heterocycles. The van der Waals surface area contributed by atoms with Gasteiger partial charge in [0, 0.05) is 64.2 Å². The first-order chi connectivity index (χ1) is 20.5. The molecular weight excluding hydrogens is 577 g/mol. The van der Waals surface area contributed by atoms with Gasteiger partial charge >= 0.3 is 12.1 Å². The number of carboxylic acids is 1. The van der Waals surface area contributed by atoms with E-state index in [-0.39, 0.29) is 25.4 Å². The highest BCUT2D eigenvalue weighted by atomic mass is 19.4. The molecule has 10 nitrogen and oxygen atoms in total. The van der Waals surface area contributed by atoms with Crippen LogP contribution in [0.15, 0.2) is 24.5 Å². The molecule has 4 rings (SSSR count). The summed E-state index contributed by atoms with van der Waals surface area (Å²) in [7, 11) is 0. The number of anilines is 2. The monoisotopic (exact) mass is 617 g/mol. The van der Waals surface area contributed by atoms with Crippen LogP contribution in [0.1, 0.15) is 44.6 Å². The van der Waals surface area contributed by atoms with Crippen LogP contribution in [0, 0.1) is 0 Å². The average Bonchev–Trinajstić information content (AvgIpc) is 2.98. The highest BCUT2D eigenvalue weighted by molar-refractivity contribution is 5.73. The van der Waals surface area contributed by atoms with Crippen LogP contribution in [-0.4, -0.2) is 111 Å². The van der Waals surface area contributed by atoms with E-state index in [1.54, 1.807) is 6.20 Å². The fourth-order valence-corrected chi connectivity index (χ4v) is 4.75. The molecule has 0 radical (unpaired) electrons. The quantitative estimate of drug-likeness (QED) is 0.274. The van der Waals surface area contributed by atoms with Gasteiger partial charge in [0.1, 0.15) is 18.7 Å². The van der Waals surface area contributed by atoms with E-state index >= 15 is 0 Å². The molecule has 240 valence electrons. The second-order valence-electron chi connectivity index (χ2n) is 10.7. The van der Waals surface area contributed by atoms with Crippen LogP contribution in [0.4, 0.5) is 33.7 Å². The molecule has 1 saturated heterocycles. The first-order valence-corrected chi connectivity index (χ1v) is 14.4. The Balaban J connectivity index is 0.000000646. The third kappa shape index (κ3) is 11.4. The summed E-state index contributed by atoms with van der Waals surface area (Å²) < 4.78 is 58.1. The van der Waals surface area contributed by atoms with Crippen molar-refractivity contribution in [3.8, 4) is 11.3 Å². The number of hydrogen-bond donors (Lipinski definition) is 4. The van der Waals surface area contributed by atoms with Crippen molar-refractivity contribution < 1.29 is 37.0 Å². The third-order valence-electron chi connectivity index (χ3n) is 7.37. The van der Waals surface area contributed by atoms with Crippen LogP contribution >= 0.6 is 0 Å². The van der Waals surface area contributed by atoms with Gasteiger partial charge < -0.3 is 20.8 Å². The minimum Gasteiger partial charge on any atom is -0.475 e. The van der Waals surface area contributed by atoms with E-state index in [2.05, 4.69) is 36.5 Å². The van der Waals surface area contributed by atoms with Gasteiger partial charge in [0.25, 0.3) is 0 Å². The number of nitrogens with one attached hydrogen (secondary N) is 2. The van der Waals surface area contributed by atoms with Crippen LogP contribution in [0.5, 0.6) is 0 Å². The predicted molar refractivity (Wildman–Crippen MR) is 152 cm³/mol. The molecular formula is C28H40F5N7O3. The fraction of sp³-hybridized carbons (Fsp3) is 0.643. The van der Waals surface area contributed by atoms with Gasteiger partial charge in [-0.2, -0.15) is 18.2 Å². The van der Waals surface area contributed by atoms with Gasteiger partial charge in [0.2, 0.25) is 5.95 Å². The minimum absolute atomic E-state index is 0.167. The van der Waals surface area contributed by atoms with Crippen molar-refractivity contribution in [3.63, 3.8) is 0 Å². The minimum atomic E-state index is -5.08. The Labute approximate surface area is 247 Å². The van der Waals surface area contributed by atoms with Crippen molar-refractivity contribution in [1.82, 2.24) is 24.8 Å². The molecule has 0 unspecified atom stereocenters. The zero-order valence-corrected chi connectivity index (χ0v) is 24.2. The molecule has 0 amide bonds. The summed E-state index contributed by atoms with van der Waals surface area (Å²) in [4.78, 5) is 27.2. The molecule has 2 fully saturated rings. The third-order valence-corrected chi connectivity index (χ3v) is 7.37. The molecule has 2 aliphatic rings. The Hall–Kier alpha value is -3.17. The standard InChI is InChI=1S/C26H39F2N7O.C2HF3O2/c1-2-20(28)16-30-26-31-17-23(25(33-26)32-21-4-6-22(36)7-5-21)24-8-3-19(15-29-24)18-35-13-11-34(10-9-27)12-14-35;3-2(4,5)1(6)7/h3,8,15,17,20-22,36H,2,4-7,9-14,16,18H2,1H3,(H2,30,31,32,33);(H,6,7)/t20-,21?,22?;/m0./s1. The van der Waals surface area contributed by atoms with E-state index in [0.29, 0.717) is 24.7 Å². The summed E-state index contributed by atoms with van der Waals surface area (Å²) >= 11 is 0. The van der Waals surface area contributed by atoms with Crippen LogP contribution in [0.3, 0.4) is 0 Å². The number of rotatable bonds is 11. The van der Waals surface area contributed by atoms with Gasteiger partial charge in [0.15, 0.2) is 0 Å². The zero-order chi connectivity index (χ0) is 31.4. The fourth-order valence-electron chi connectivity index (χ4n) is 4.75. The molecule has 1 saturated carbocycles. The van der Waals surface area contributed by atoms with E-state index in [4.69, 9.17) is 14.9 Å². The van der Waals surface area contributed by atoms with Gasteiger partial charge in [-0.05, 0) is 43.7 Å². The molecule has 1 aliphatic carbocycles. The van der Waals surface area contributed by atoms with Crippen LogP contribution in [0.25, 0.3) is 11.3 Å². The van der Waals surface area contributed by atoms with Crippen molar-refractivity contribution in [3.05, 3.63) is 30.1 Å². The van der Waals surface area contributed by atoms with Crippen LogP contribution < -0.4 is 10.6 Å². The summed E-state index contributed by atoms with van der Waals surface area (Å²) in [5, 5.41) is 23.5. The summed E-state index contributed by atoms with van der Waals surface area (Å²) in [5.41, 5.74) is 2.69. The number of pyridine rings is 1. The maximum atomic E-state index is 13.7. The summed E-state index contributed by atoms with van der Waals surface area (Å²) in [5.74, 6) is -1.70. The summed E-state index contributed by atoms with van der Waals surface area (Å²) in [6.45, 7) is 6.64. The number of aliphatic carboxylic acids is 1. The molecule has 0 spiro atoms. The van der Waals surface area contributed by atoms with E-state index in [9.17, 15) is 27.1 Å². The second kappa shape index (κ2) is 16.6. The molecule has 2 aromatic rings. The molecule has 0 bridgehead atoms. The number of nitrogens with zero attached hydrogens (tertiary/aromatic N) is 5. The van der Waals surface area contributed by atoms with Crippen LogP contribution in [-0.2, 0) is 11.3 Å². The molecule has 1 atom stereocenters. The number of piperazine rings is 1. The Morgan fingerprint density at radius 1 is 1.07 bits per heavy atom. The Kier molecular flexibility index (Phi) is 13.3. The summed E-state index contributed by atoms with van der Waals surface area (Å²) in [6, 6.07) is 4.28. The Morgan fingerprint density at radius 3 is 2.28 bits per heavy atom. The lowest BCUT2D eigenvalue weighted by molar-refractivity contribution is -0.192. The van der Waals surface area contributed by atoms with Crippen molar-refractivity contribution >= 4 is 17.7 Å². The smallest absolute Gasteiger partial charge is 0.475 e. The maximum absolute atomic E-state index is 13.7. The number of carboxylic acid groups (broad SMARTS) is 1. The second-order valence-corrected chi connectivity index (χ2v) is 10.7. The van der Waals surface area contributed by atoms with Crippen molar-refractivity contribution in [2.45, 2.75) is 70.1 Å². The highest BCUT2D eigenvalue weighted by Gasteiger charge is 2.38. The summed E-state index contributed by atoms with van der Waals surface area (Å²) in [6.07, 6.45) is 1.04. The molecule has 43 heavy (non-hydrogen) atoms. The lowest BCUT2D eigenvalue weighted by Gasteiger charge is -2.34. The van der Waals surface area contributed by atoms with Gasteiger partial charge in [-0.1, -0.05) is 13.0 Å². The van der Waals surface area contributed by atoms with E-state index < -0.39 is 18.3 Å². The number of halogens is 5. The molecule has 4 N–H and O–H groups in total. The lowest BCUT2D eigenvalue weighted by atomic mass is 9.93. The van der Waals surface area contributed by atoms with Crippen LogP contribution in [0.2, 0.25) is 0 Å². The zero-order valence-electron chi connectivity index (χ0n) is 24.2. The van der Waals surface area contributed by atoms with E-state index in [1.807, 2.05) is 19.2 Å². The highest BCUT2D eigenvalue weighted by Crippen LogP contribution is 2.29. The number of aliphatic hydroxyl groups is 1. The molecule has 3 heterocycles. The Morgan fingerprint density at radius 2 is 1.72 bits per heavy atom. The first-order valence-electron chi connectivity index (χ1n) is 14.4. The predicted octanol–water partition coefficient (Wildman–Crippen LogP) is 4.13. The molecule has 15 heteroatoms. The number of aliphatic hydroxyl groups excluding tert-OH is 1. The molecule has 0 aromatic carbocycles. The molecule has 2 aromatic heterocycles. The number of aromatic nitrogens is 3. The van der Waals surface area contributed by atoms with Gasteiger partial charge in [-0.25, -0.2) is 18.6 Å². The number of carbonyl (C=O) groups is 1. The SMILES string of the molecule is CC[C@H](F)CNc1ncc(-c2ccc(CN3CCN(CCF)CC3)cn2)c(NC2CCC(O)CC2)n1.O=C(O)C(F)(F)F. The number of hydrogen-bond acceptors (Lipinski definition) is 9. The van der Waals surface area contributed by atoms with Crippen molar-refractivity contribution in [1.29, 1.82) is 0 Å². The largest absolute Gasteiger partial charge is 0.490 e. The van der Waals surface area contributed by atoms with Gasteiger partial charge in [-0.15, -0.1) is 0 Å². The topological polar surface area (TPSA) is 127 Å². The van der Waals surface area contributed by atoms with E-state index in [1.165, 1.54) is 0 Å². The van der Waals surface area contributed by atoms with Crippen molar-refractivity contribution in [2.24, 2.45) is 0 Å². The maximum Gasteiger partial charge on any atom is 0.490 e. The normalized spacial score (nSPS) is 20.5. The van der Waals surface area contributed by atoms with E-state index in [0.717, 1.165) is 75.2 Å². The average molecular weight is 618 g/mol. The lowest BCUT2D eigenvalue weighted by Crippen LogP contribution is -2.46. The Bertz CT molecular complexity index is 1130. The van der Waals surface area contributed by atoms with Gasteiger partial charge in [0.05, 0.1) is 17.4 Å². The number of alkyl halides is 5. The van der Waals surface area contributed by atoms with Crippen molar-refractivity contribution in [2.75, 3.05) is 56.6 Å². The van der Waals surface area contributed by atoms with Gasteiger partial charge in [-0.3, -0.25) is 14.8 Å².